The van der Waals surface area contributed by atoms with Crippen LogP contribution in [0.2, 0.25) is 0 Å². The molecule has 0 amide bonds. The number of rotatable bonds is 4. The van der Waals surface area contributed by atoms with Crippen LogP contribution in [0.5, 0.6) is 0 Å². The molecule has 0 spiro atoms. The minimum atomic E-state index is -0.775. The number of thioether (sulfide) groups is 1. The highest BCUT2D eigenvalue weighted by atomic mass is 32.2. The number of carboxylic acids is 1. The molecule has 0 aromatic heterocycles. The summed E-state index contributed by atoms with van der Waals surface area (Å²) in [5.74, 6) is 0.422. The summed E-state index contributed by atoms with van der Waals surface area (Å²) in [6.07, 6.45) is 0.105. The normalized spacial score (nSPS) is 24.3. The summed E-state index contributed by atoms with van der Waals surface area (Å²) >= 11 is 2.04. The topological polar surface area (TPSA) is 40.5 Å². The predicted molar refractivity (Wildman–Crippen MR) is 79.6 cm³/mol. The molecule has 3 nitrogen and oxygen atoms in total. The number of nitrogens with zero attached hydrogens (tertiary/aromatic N) is 1. The van der Waals surface area contributed by atoms with Crippen LogP contribution in [0.15, 0.2) is 24.3 Å². The Morgan fingerprint density at radius 3 is 2.58 bits per heavy atom. The fourth-order valence-corrected chi connectivity index (χ4v) is 3.55. The van der Waals surface area contributed by atoms with E-state index in [1.54, 1.807) is 0 Å². The molecule has 2 atom stereocenters. The van der Waals surface area contributed by atoms with Crippen LogP contribution in [-0.2, 0) is 17.8 Å². The molecule has 19 heavy (non-hydrogen) atoms. The first-order chi connectivity index (χ1) is 9.06. The zero-order valence-corrected chi connectivity index (χ0v) is 12.3. The molecule has 2 unspecified atom stereocenters. The lowest BCUT2D eigenvalue weighted by atomic mass is 10.1. The molecule has 1 fully saturated rings. The lowest BCUT2D eigenvalue weighted by Crippen LogP contribution is -2.43. The Hall–Kier alpha value is -1.00. The zero-order chi connectivity index (χ0) is 13.8. The van der Waals surface area contributed by atoms with Crippen LogP contribution in [0, 0.1) is 0 Å². The van der Waals surface area contributed by atoms with Crippen LogP contribution in [0.1, 0.15) is 25.0 Å². The number of benzene rings is 1. The first-order valence-electron chi connectivity index (χ1n) is 6.71. The summed E-state index contributed by atoms with van der Waals surface area (Å²) in [6, 6.07) is 8.55. The van der Waals surface area contributed by atoms with E-state index < -0.39 is 5.97 Å². The summed E-state index contributed by atoms with van der Waals surface area (Å²) in [5, 5.41) is 9.43. The molecule has 1 aromatic carbocycles. The van der Waals surface area contributed by atoms with Gasteiger partial charge in [0, 0.05) is 30.1 Å². The fraction of sp³-hybridized carbons (Fsp3) is 0.533. The number of carbonyl (C=O) groups is 1. The average Bonchev–Trinajstić information content (AvgIpc) is 2.37. The Bertz CT molecular complexity index is 432. The van der Waals surface area contributed by atoms with Crippen molar-refractivity contribution >= 4 is 17.7 Å². The largest absolute Gasteiger partial charge is 0.481 e. The van der Waals surface area contributed by atoms with Crippen LogP contribution >= 0.6 is 11.8 Å². The van der Waals surface area contributed by atoms with Gasteiger partial charge >= 0.3 is 5.97 Å². The molecule has 0 radical (unpaired) electrons. The fourth-order valence-electron chi connectivity index (χ4n) is 2.39. The van der Waals surface area contributed by atoms with Crippen molar-refractivity contribution in [1.82, 2.24) is 4.90 Å². The second-order valence-corrected chi connectivity index (χ2v) is 6.66. The maximum atomic E-state index is 10.6. The first kappa shape index (κ1) is 14.4. The molecule has 1 N–H and O–H groups in total. The van der Waals surface area contributed by atoms with Gasteiger partial charge in [-0.3, -0.25) is 9.69 Å². The zero-order valence-electron chi connectivity index (χ0n) is 11.5. The molecule has 0 saturated carbocycles. The maximum Gasteiger partial charge on any atom is 0.307 e. The van der Waals surface area contributed by atoms with Gasteiger partial charge < -0.3 is 5.11 Å². The number of hydrogen-bond donors (Lipinski definition) is 1. The van der Waals surface area contributed by atoms with Crippen molar-refractivity contribution in [3.63, 3.8) is 0 Å². The minimum Gasteiger partial charge on any atom is -0.481 e. The van der Waals surface area contributed by atoms with Gasteiger partial charge in [-0.2, -0.15) is 11.8 Å². The van der Waals surface area contributed by atoms with Crippen LogP contribution in [0.4, 0.5) is 0 Å². The van der Waals surface area contributed by atoms with Crippen molar-refractivity contribution in [2.24, 2.45) is 0 Å². The molecule has 0 bridgehead atoms. The molecule has 1 aliphatic heterocycles. The Morgan fingerprint density at radius 1 is 1.32 bits per heavy atom. The summed E-state index contributed by atoms with van der Waals surface area (Å²) in [4.78, 5) is 13.1. The molecule has 1 heterocycles. The van der Waals surface area contributed by atoms with E-state index in [0.29, 0.717) is 11.3 Å². The standard InChI is InChI=1S/C15H21NO2S/c1-11-12(2)19-8-7-16(11)10-14-5-3-13(4-6-14)9-15(17)18/h3-6,11-12H,7-10H2,1-2H3,(H,17,18). The first-order valence-corrected chi connectivity index (χ1v) is 7.76. The van der Waals surface area contributed by atoms with E-state index in [2.05, 4.69) is 30.9 Å². The number of carboxylic acid groups (broad SMARTS) is 1. The quantitative estimate of drug-likeness (QED) is 0.920. The van der Waals surface area contributed by atoms with Gasteiger partial charge in [0.1, 0.15) is 0 Å². The summed E-state index contributed by atoms with van der Waals surface area (Å²) in [5.41, 5.74) is 2.13. The van der Waals surface area contributed by atoms with Gasteiger partial charge in [0.25, 0.3) is 0 Å². The maximum absolute atomic E-state index is 10.6. The lowest BCUT2D eigenvalue weighted by Gasteiger charge is -2.37. The SMILES string of the molecule is CC1SCCN(Cc2ccc(CC(=O)O)cc2)C1C. The van der Waals surface area contributed by atoms with E-state index >= 15 is 0 Å². The van der Waals surface area contributed by atoms with Crippen molar-refractivity contribution in [2.45, 2.75) is 38.1 Å². The molecule has 4 heteroatoms. The van der Waals surface area contributed by atoms with Crippen molar-refractivity contribution in [1.29, 1.82) is 0 Å². The second kappa shape index (κ2) is 6.44. The Kier molecular flexibility index (Phi) is 4.88. The van der Waals surface area contributed by atoms with Gasteiger partial charge in [0.15, 0.2) is 0 Å². The van der Waals surface area contributed by atoms with Gasteiger partial charge in [-0.15, -0.1) is 0 Å². The van der Waals surface area contributed by atoms with E-state index in [-0.39, 0.29) is 6.42 Å². The molecule has 1 aromatic rings. The lowest BCUT2D eigenvalue weighted by molar-refractivity contribution is -0.136. The molecule has 104 valence electrons. The van der Waals surface area contributed by atoms with Crippen molar-refractivity contribution < 1.29 is 9.90 Å². The third-order valence-electron chi connectivity index (χ3n) is 3.78. The monoisotopic (exact) mass is 279 g/mol. The highest BCUT2D eigenvalue weighted by Gasteiger charge is 2.24. The van der Waals surface area contributed by atoms with Crippen molar-refractivity contribution in [2.75, 3.05) is 12.3 Å². The summed E-state index contributed by atoms with van der Waals surface area (Å²) < 4.78 is 0. The molecular formula is C15H21NO2S. The third-order valence-corrected chi connectivity index (χ3v) is 5.12. The summed E-state index contributed by atoms with van der Waals surface area (Å²) in [7, 11) is 0. The number of hydrogen-bond acceptors (Lipinski definition) is 3. The van der Waals surface area contributed by atoms with E-state index in [1.807, 2.05) is 23.9 Å². The molecule has 1 saturated heterocycles. The molecule has 2 rings (SSSR count). The third kappa shape index (κ3) is 3.98. The van der Waals surface area contributed by atoms with E-state index in [1.165, 1.54) is 11.3 Å². The number of aliphatic carboxylic acids is 1. The smallest absolute Gasteiger partial charge is 0.307 e. The Balaban J connectivity index is 1.97. The molecule has 1 aliphatic rings. The van der Waals surface area contributed by atoms with E-state index in [4.69, 9.17) is 5.11 Å². The second-order valence-electron chi connectivity index (χ2n) is 5.17. The van der Waals surface area contributed by atoms with Gasteiger partial charge in [0.2, 0.25) is 0 Å². The van der Waals surface area contributed by atoms with Gasteiger partial charge in [0.05, 0.1) is 6.42 Å². The average molecular weight is 279 g/mol. The highest BCUT2D eigenvalue weighted by molar-refractivity contribution is 8.00. The van der Waals surface area contributed by atoms with Crippen LogP contribution < -0.4 is 0 Å². The van der Waals surface area contributed by atoms with Crippen LogP contribution in [0.25, 0.3) is 0 Å². The van der Waals surface area contributed by atoms with E-state index in [9.17, 15) is 4.79 Å². The molecular weight excluding hydrogens is 258 g/mol. The van der Waals surface area contributed by atoms with Crippen LogP contribution in [-0.4, -0.2) is 39.6 Å². The van der Waals surface area contributed by atoms with Crippen LogP contribution in [0.3, 0.4) is 0 Å². The Labute approximate surface area is 119 Å². The van der Waals surface area contributed by atoms with Gasteiger partial charge in [-0.25, -0.2) is 0 Å². The minimum absolute atomic E-state index is 0.105. The van der Waals surface area contributed by atoms with Crippen molar-refractivity contribution in [3.8, 4) is 0 Å². The van der Waals surface area contributed by atoms with Crippen molar-refractivity contribution in [3.05, 3.63) is 35.4 Å². The Morgan fingerprint density at radius 2 is 1.95 bits per heavy atom. The summed E-state index contributed by atoms with van der Waals surface area (Å²) in [6.45, 7) is 6.67. The van der Waals surface area contributed by atoms with E-state index in [0.717, 1.165) is 18.7 Å². The predicted octanol–water partition coefficient (Wildman–Crippen LogP) is 2.64. The van der Waals surface area contributed by atoms with Gasteiger partial charge in [-0.1, -0.05) is 31.2 Å². The van der Waals surface area contributed by atoms with Gasteiger partial charge in [-0.05, 0) is 18.1 Å². The molecule has 0 aliphatic carbocycles. The highest BCUT2D eigenvalue weighted by Crippen LogP contribution is 2.25.